The molecule has 0 spiro atoms. The van der Waals surface area contributed by atoms with Crippen LogP contribution in [0.4, 0.5) is 5.82 Å². The summed E-state index contributed by atoms with van der Waals surface area (Å²) in [5.41, 5.74) is 1.06. The minimum Gasteiger partial charge on any atom is -0.478 e. The second-order valence-corrected chi connectivity index (χ2v) is 5.62. The number of aromatic carboxylic acids is 1. The molecule has 0 aliphatic carbocycles. The van der Waals surface area contributed by atoms with E-state index >= 15 is 0 Å². The fourth-order valence-corrected chi connectivity index (χ4v) is 2.17. The Balaban J connectivity index is 1.79. The predicted octanol–water partition coefficient (Wildman–Crippen LogP) is 1.71. The summed E-state index contributed by atoms with van der Waals surface area (Å²) in [6.07, 6.45) is 0.687. The average molecular weight is 345 g/mol. The highest BCUT2D eigenvalue weighted by atomic mass is 16.5. The highest BCUT2D eigenvalue weighted by Crippen LogP contribution is 2.09. The van der Waals surface area contributed by atoms with Gasteiger partial charge in [0.15, 0.2) is 5.82 Å². The summed E-state index contributed by atoms with van der Waals surface area (Å²) >= 11 is 0. The van der Waals surface area contributed by atoms with Gasteiger partial charge in [0.25, 0.3) is 0 Å². The molecule has 8 heteroatoms. The Bertz CT molecular complexity index is 767. The number of carbonyl (C=O) groups is 3. The lowest BCUT2D eigenvalue weighted by atomic mass is 10.1. The third-order valence-corrected chi connectivity index (χ3v) is 3.53. The van der Waals surface area contributed by atoms with Gasteiger partial charge in [-0.25, -0.2) is 4.79 Å². The Morgan fingerprint density at radius 1 is 1.24 bits per heavy atom. The standard InChI is InChI=1S/C17H19N3O5/c1-11-9-14(19-25-11)18-15(21)10-20(2)16(22)8-5-12-3-6-13(7-4-12)17(23)24/h3-4,6-7,9H,5,8,10H2,1-2H3,(H,23,24)(H,18,19,21). The summed E-state index contributed by atoms with van der Waals surface area (Å²) in [6, 6.07) is 7.94. The summed E-state index contributed by atoms with van der Waals surface area (Å²) in [5.74, 6) is -0.657. The smallest absolute Gasteiger partial charge is 0.335 e. The summed E-state index contributed by atoms with van der Waals surface area (Å²) in [4.78, 5) is 36.1. The first-order valence-electron chi connectivity index (χ1n) is 7.64. The minimum absolute atomic E-state index is 0.0946. The van der Waals surface area contributed by atoms with E-state index in [1.807, 2.05) is 0 Å². The van der Waals surface area contributed by atoms with Crippen LogP contribution < -0.4 is 5.32 Å². The number of carboxylic acid groups (broad SMARTS) is 1. The first-order valence-corrected chi connectivity index (χ1v) is 7.64. The Morgan fingerprint density at radius 2 is 1.92 bits per heavy atom. The Morgan fingerprint density at radius 3 is 2.48 bits per heavy atom. The molecule has 0 atom stereocenters. The normalized spacial score (nSPS) is 10.3. The molecule has 2 amide bonds. The van der Waals surface area contributed by atoms with Crippen LogP contribution in [0.25, 0.3) is 0 Å². The molecule has 2 rings (SSSR count). The van der Waals surface area contributed by atoms with Crippen molar-refractivity contribution in [3.8, 4) is 0 Å². The van der Waals surface area contributed by atoms with Crippen LogP contribution in [0.3, 0.4) is 0 Å². The van der Waals surface area contributed by atoms with Crippen LogP contribution in [-0.2, 0) is 16.0 Å². The van der Waals surface area contributed by atoms with Crippen molar-refractivity contribution >= 4 is 23.6 Å². The van der Waals surface area contributed by atoms with E-state index in [0.717, 1.165) is 5.56 Å². The topological polar surface area (TPSA) is 113 Å². The number of carboxylic acids is 1. The second kappa shape index (κ2) is 8.09. The van der Waals surface area contributed by atoms with E-state index in [4.69, 9.17) is 9.63 Å². The number of carbonyl (C=O) groups excluding carboxylic acids is 2. The van der Waals surface area contributed by atoms with Gasteiger partial charge in [-0.3, -0.25) is 9.59 Å². The molecule has 0 aliphatic heterocycles. The number of anilines is 1. The highest BCUT2D eigenvalue weighted by Gasteiger charge is 2.14. The van der Waals surface area contributed by atoms with Gasteiger partial charge in [-0.2, -0.15) is 0 Å². The van der Waals surface area contributed by atoms with Crippen molar-refractivity contribution in [3.63, 3.8) is 0 Å². The number of amides is 2. The summed E-state index contributed by atoms with van der Waals surface area (Å²) in [7, 11) is 1.55. The van der Waals surface area contributed by atoms with E-state index in [1.54, 1.807) is 32.2 Å². The molecular weight excluding hydrogens is 326 g/mol. The number of hydrogen-bond donors (Lipinski definition) is 2. The molecule has 1 heterocycles. The molecule has 0 saturated carbocycles. The van der Waals surface area contributed by atoms with Gasteiger partial charge in [-0.15, -0.1) is 0 Å². The number of benzene rings is 1. The van der Waals surface area contributed by atoms with Crippen LogP contribution in [-0.4, -0.2) is 46.5 Å². The molecule has 0 radical (unpaired) electrons. The van der Waals surface area contributed by atoms with Crippen molar-refractivity contribution in [1.29, 1.82) is 0 Å². The molecule has 8 nitrogen and oxygen atoms in total. The van der Waals surface area contributed by atoms with Crippen LogP contribution >= 0.6 is 0 Å². The van der Waals surface area contributed by atoms with E-state index in [9.17, 15) is 14.4 Å². The van der Waals surface area contributed by atoms with Crippen molar-refractivity contribution in [2.45, 2.75) is 19.8 Å². The number of aryl methyl sites for hydroxylation is 2. The van der Waals surface area contributed by atoms with Gasteiger partial charge in [-0.1, -0.05) is 17.3 Å². The maximum atomic E-state index is 12.1. The van der Waals surface area contributed by atoms with Gasteiger partial charge in [-0.05, 0) is 31.0 Å². The van der Waals surface area contributed by atoms with Crippen LogP contribution in [0, 0.1) is 6.92 Å². The monoisotopic (exact) mass is 345 g/mol. The molecule has 25 heavy (non-hydrogen) atoms. The molecular formula is C17H19N3O5. The number of aromatic nitrogens is 1. The molecule has 2 N–H and O–H groups in total. The maximum absolute atomic E-state index is 12.1. The van der Waals surface area contributed by atoms with E-state index in [-0.39, 0.29) is 30.3 Å². The number of nitrogens with one attached hydrogen (secondary N) is 1. The number of likely N-dealkylation sites (N-methyl/N-ethyl adjacent to an activating group) is 1. The molecule has 0 bridgehead atoms. The second-order valence-electron chi connectivity index (χ2n) is 5.62. The lowest BCUT2D eigenvalue weighted by Crippen LogP contribution is -2.35. The third kappa shape index (κ3) is 5.45. The Hall–Kier alpha value is -3.16. The number of nitrogens with zero attached hydrogens (tertiary/aromatic N) is 2. The third-order valence-electron chi connectivity index (χ3n) is 3.53. The molecule has 132 valence electrons. The molecule has 2 aromatic rings. The van der Waals surface area contributed by atoms with Crippen LogP contribution in [0.2, 0.25) is 0 Å². The molecule has 0 unspecified atom stereocenters. The summed E-state index contributed by atoms with van der Waals surface area (Å²) < 4.78 is 4.85. The lowest BCUT2D eigenvalue weighted by Gasteiger charge is -2.16. The molecule has 0 saturated heterocycles. The largest absolute Gasteiger partial charge is 0.478 e. The Labute approximate surface area is 144 Å². The molecule has 0 fully saturated rings. The fraction of sp³-hybridized carbons (Fsp3) is 0.294. The van der Waals surface area contributed by atoms with Crippen molar-refractivity contribution in [2.24, 2.45) is 0 Å². The van der Waals surface area contributed by atoms with Gasteiger partial charge in [0.2, 0.25) is 11.8 Å². The van der Waals surface area contributed by atoms with E-state index in [0.29, 0.717) is 18.0 Å². The van der Waals surface area contributed by atoms with Gasteiger partial charge in [0.05, 0.1) is 12.1 Å². The number of hydrogen-bond acceptors (Lipinski definition) is 5. The van der Waals surface area contributed by atoms with E-state index < -0.39 is 5.97 Å². The zero-order valence-electron chi connectivity index (χ0n) is 14.0. The van der Waals surface area contributed by atoms with Crippen LogP contribution in [0.1, 0.15) is 28.1 Å². The van der Waals surface area contributed by atoms with Crippen LogP contribution in [0.15, 0.2) is 34.9 Å². The summed E-state index contributed by atoms with van der Waals surface area (Å²) in [5, 5.41) is 15.0. The first kappa shape index (κ1) is 18.2. The minimum atomic E-state index is -0.990. The Kier molecular flexibility index (Phi) is 5.89. The number of rotatable bonds is 7. The van der Waals surface area contributed by atoms with Gasteiger partial charge in [0, 0.05) is 19.5 Å². The van der Waals surface area contributed by atoms with E-state index in [1.165, 1.54) is 17.0 Å². The predicted molar refractivity (Wildman–Crippen MR) is 89.2 cm³/mol. The van der Waals surface area contributed by atoms with Gasteiger partial charge < -0.3 is 19.8 Å². The van der Waals surface area contributed by atoms with Crippen molar-refractivity contribution in [3.05, 3.63) is 47.2 Å². The average Bonchev–Trinajstić information content (AvgIpc) is 2.97. The maximum Gasteiger partial charge on any atom is 0.335 e. The summed E-state index contributed by atoms with van der Waals surface area (Å²) in [6.45, 7) is 1.62. The van der Waals surface area contributed by atoms with E-state index in [2.05, 4.69) is 10.5 Å². The lowest BCUT2D eigenvalue weighted by molar-refractivity contribution is -0.133. The SMILES string of the molecule is Cc1cc(NC(=O)CN(C)C(=O)CCc2ccc(C(=O)O)cc2)no1. The van der Waals surface area contributed by atoms with Crippen molar-refractivity contribution in [2.75, 3.05) is 18.9 Å². The van der Waals surface area contributed by atoms with Crippen LogP contribution in [0.5, 0.6) is 0 Å². The van der Waals surface area contributed by atoms with Crippen molar-refractivity contribution in [1.82, 2.24) is 10.1 Å². The first-order chi connectivity index (χ1) is 11.8. The zero-order valence-corrected chi connectivity index (χ0v) is 14.0. The molecule has 1 aromatic carbocycles. The highest BCUT2D eigenvalue weighted by molar-refractivity contribution is 5.93. The fourth-order valence-electron chi connectivity index (χ4n) is 2.17. The van der Waals surface area contributed by atoms with Gasteiger partial charge >= 0.3 is 5.97 Å². The molecule has 0 aliphatic rings. The zero-order chi connectivity index (χ0) is 18.4. The quantitative estimate of drug-likeness (QED) is 0.790. The molecule has 1 aromatic heterocycles. The van der Waals surface area contributed by atoms with Crippen molar-refractivity contribution < 1.29 is 24.0 Å². The van der Waals surface area contributed by atoms with Gasteiger partial charge in [0.1, 0.15) is 5.76 Å².